The number of amides is 2. The van der Waals surface area contributed by atoms with Crippen LogP contribution in [-0.4, -0.2) is 46.9 Å². The van der Waals surface area contributed by atoms with E-state index < -0.39 is 29.2 Å². The molecule has 26 heavy (non-hydrogen) atoms. The SMILES string of the molecule is CN(C(=O)C1CCN(c2ccc(F)cc2)C1=O)C1(C(=O)O)CCCCC1. The standard InChI is InChI=1S/C19H23FN2O4/c1-21(19(18(25)26)10-3-2-4-11-19)16(23)15-9-12-22(17(15)24)14-7-5-13(20)6-8-14/h5-8,15H,2-4,9-12H2,1H3,(H,25,26). The summed E-state index contributed by atoms with van der Waals surface area (Å²) in [6.45, 7) is 0.356. The number of aliphatic carboxylic acids is 1. The Morgan fingerprint density at radius 1 is 1.19 bits per heavy atom. The molecule has 6 nitrogen and oxygen atoms in total. The van der Waals surface area contributed by atoms with E-state index in [0.717, 1.165) is 19.3 Å². The second-order valence-electron chi connectivity index (χ2n) is 7.10. The van der Waals surface area contributed by atoms with Crippen molar-refractivity contribution in [2.24, 2.45) is 5.92 Å². The maximum absolute atomic E-state index is 13.1. The summed E-state index contributed by atoms with van der Waals surface area (Å²) in [6.07, 6.45) is 3.61. The summed E-state index contributed by atoms with van der Waals surface area (Å²) in [4.78, 5) is 40.3. The molecule has 1 aromatic rings. The number of benzene rings is 1. The summed E-state index contributed by atoms with van der Waals surface area (Å²) >= 11 is 0. The maximum Gasteiger partial charge on any atom is 0.329 e. The lowest BCUT2D eigenvalue weighted by Gasteiger charge is -2.41. The van der Waals surface area contributed by atoms with Gasteiger partial charge in [0, 0.05) is 19.3 Å². The number of nitrogens with zero attached hydrogens (tertiary/aromatic N) is 2. The molecule has 2 aliphatic rings. The fourth-order valence-corrected chi connectivity index (χ4v) is 4.06. The average Bonchev–Trinajstić information content (AvgIpc) is 3.03. The van der Waals surface area contributed by atoms with Crippen molar-refractivity contribution in [1.82, 2.24) is 4.90 Å². The van der Waals surface area contributed by atoms with Gasteiger partial charge in [-0.15, -0.1) is 0 Å². The minimum Gasteiger partial charge on any atom is -0.479 e. The lowest BCUT2D eigenvalue weighted by Crippen LogP contribution is -2.58. The fraction of sp³-hybridized carbons (Fsp3) is 0.526. The van der Waals surface area contributed by atoms with E-state index in [9.17, 15) is 23.9 Å². The second-order valence-corrected chi connectivity index (χ2v) is 7.10. The van der Waals surface area contributed by atoms with E-state index in [2.05, 4.69) is 0 Å². The Bertz CT molecular complexity index is 713. The zero-order valence-corrected chi connectivity index (χ0v) is 14.8. The first kappa shape index (κ1) is 18.4. The Morgan fingerprint density at radius 2 is 1.81 bits per heavy atom. The van der Waals surface area contributed by atoms with E-state index in [-0.39, 0.29) is 5.91 Å². The van der Waals surface area contributed by atoms with Crippen molar-refractivity contribution in [1.29, 1.82) is 0 Å². The summed E-state index contributed by atoms with van der Waals surface area (Å²) in [7, 11) is 1.50. The van der Waals surface area contributed by atoms with E-state index in [0.29, 0.717) is 31.5 Å². The molecule has 1 heterocycles. The van der Waals surface area contributed by atoms with Crippen molar-refractivity contribution in [2.45, 2.75) is 44.1 Å². The number of carboxylic acid groups (broad SMARTS) is 1. The van der Waals surface area contributed by atoms with E-state index in [4.69, 9.17) is 0 Å². The van der Waals surface area contributed by atoms with Crippen molar-refractivity contribution in [2.75, 3.05) is 18.5 Å². The first-order chi connectivity index (χ1) is 12.4. The van der Waals surface area contributed by atoms with Gasteiger partial charge in [0.05, 0.1) is 0 Å². The molecule has 1 aromatic carbocycles. The molecule has 3 rings (SSSR count). The van der Waals surface area contributed by atoms with Crippen LogP contribution in [0.5, 0.6) is 0 Å². The quantitative estimate of drug-likeness (QED) is 0.835. The smallest absolute Gasteiger partial charge is 0.329 e. The summed E-state index contributed by atoms with van der Waals surface area (Å²) in [5.74, 6) is -3.08. The van der Waals surface area contributed by atoms with Crippen LogP contribution >= 0.6 is 0 Å². The highest BCUT2D eigenvalue weighted by molar-refractivity contribution is 6.10. The Hall–Kier alpha value is -2.44. The Labute approximate surface area is 151 Å². The number of carboxylic acids is 1. The molecule has 0 aromatic heterocycles. The van der Waals surface area contributed by atoms with Gasteiger partial charge in [-0.2, -0.15) is 0 Å². The summed E-state index contributed by atoms with van der Waals surface area (Å²) < 4.78 is 13.1. The van der Waals surface area contributed by atoms with Crippen LogP contribution in [0.1, 0.15) is 38.5 Å². The zero-order chi connectivity index (χ0) is 18.9. The van der Waals surface area contributed by atoms with Gasteiger partial charge in [-0.1, -0.05) is 19.3 Å². The third-order valence-corrected chi connectivity index (χ3v) is 5.69. The number of anilines is 1. The molecule has 1 unspecified atom stereocenters. The van der Waals surface area contributed by atoms with Crippen molar-refractivity contribution >= 4 is 23.5 Å². The number of hydrogen-bond acceptors (Lipinski definition) is 3. The van der Waals surface area contributed by atoms with Crippen LogP contribution in [0.15, 0.2) is 24.3 Å². The van der Waals surface area contributed by atoms with Gasteiger partial charge in [0.15, 0.2) is 0 Å². The van der Waals surface area contributed by atoms with Crippen molar-refractivity contribution in [3.63, 3.8) is 0 Å². The van der Waals surface area contributed by atoms with Gasteiger partial charge < -0.3 is 14.9 Å². The first-order valence-electron chi connectivity index (χ1n) is 8.95. The molecule has 7 heteroatoms. The van der Waals surface area contributed by atoms with E-state index in [1.807, 2.05) is 0 Å². The molecular weight excluding hydrogens is 339 g/mol. The number of halogens is 1. The molecule has 0 bridgehead atoms. The summed E-state index contributed by atoms with van der Waals surface area (Å²) in [6, 6.07) is 5.55. The third kappa shape index (κ3) is 3.06. The minimum atomic E-state index is -1.22. The molecule has 1 aliphatic heterocycles. The van der Waals surface area contributed by atoms with E-state index >= 15 is 0 Å². The largest absolute Gasteiger partial charge is 0.479 e. The molecule has 1 atom stereocenters. The predicted molar refractivity (Wildman–Crippen MR) is 93.1 cm³/mol. The molecule has 1 saturated carbocycles. The summed E-state index contributed by atoms with van der Waals surface area (Å²) in [5.41, 5.74) is -0.682. The lowest BCUT2D eigenvalue weighted by molar-refractivity contribution is -0.162. The van der Waals surface area contributed by atoms with Crippen LogP contribution in [0.2, 0.25) is 0 Å². The molecule has 1 aliphatic carbocycles. The van der Waals surface area contributed by atoms with Gasteiger partial charge >= 0.3 is 5.97 Å². The molecule has 140 valence electrons. The predicted octanol–water partition coefficient (Wildman–Crippen LogP) is 2.42. The van der Waals surface area contributed by atoms with Gasteiger partial charge in [-0.3, -0.25) is 9.59 Å². The number of rotatable bonds is 4. The van der Waals surface area contributed by atoms with Crippen LogP contribution in [0, 0.1) is 11.7 Å². The van der Waals surface area contributed by atoms with Crippen LogP contribution in [0.4, 0.5) is 10.1 Å². The monoisotopic (exact) mass is 362 g/mol. The van der Waals surface area contributed by atoms with Crippen molar-refractivity contribution < 1.29 is 23.9 Å². The van der Waals surface area contributed by atoms with Gasteiger partial charge in [-0.05, 0) is 43.5 Å². The highest BCUT2D eigenvalue weighted by Crippen LogP contribution is 2.36. The highest BCUT2D eigenvalue weighted by atomic mass is 19.1. The van der Waals surface area contributed by atoms with Crippen molar-refractivity contribution in [3.8, 4) is 0 Å². The van der Waals surface area contributed by atoms with Gasteiger partial charge in [0.25, 0.3) is 0 Å². The lowest BCUT2D eigenvalue weighted by atomic mass is 9.80. The molecule has 0 spiro atoms. The molecule has 0 radical (unpaired) electrons. The Morgan fingerprint density at radius 3 is 2.38 bits per heavy atom. The topological polar surface area (TPSA) is 77.9 Å². The van der Waals surface area contributed by atoms with Crippen LogP contribution < -0.4 is 4.90 Å². The van der Waals surface area contributed by atoms with Gasteiger partial charge in [0.2, 0.25) is 11.8 Å². The number of carbonyl (C=O) groups excluding carboxylic acids is 2. The molecule has 1 saturated heterocycles. The maximum atomic E-state index is 13.1. The Kier molecular flexibility index (Phi) is 4.98. The second kappa shape index (κ2) is 7.05. The van der Waals surface area contributed by atoms with E-state index in [1.54, 1.807) is 0 Å². The highest BCUT2D eigenvalue weighted by Gasteiger charge is 2.49. The molecular formula is C19H23FN2O4. The van der Waals surface area contributed by atoms with Crippen LogP contribution in [-0.2, 0) is 14.4 Å². The third-order valence-electron chi connectivity index (χ3n) is 5.69. The number of carbonyl (C=O) groups is 3. The molecule has 2 amide bonds. The summed E-state index contributed by atoms with van der Waals surface area (Å²) in [5, 5.41) is 9.75. The number of hydrogen-bond donors (Lipinski definition) is 1. The zero-order valence-electron chi connectivity index (χ0n) is 14.8. The first-order valence-corrected chi connectivity index (χ1v) is 8.95. The van der Waals surface area contributed by atoms with Gasteiger partial charge in [0.1, 0.15) is 17.3 Å². The number of likely N-dealkylation sites (N-methyl/N-ethyl adjacent to an activating group) is 1. The Balaban J connectivity index is 1.78. The molecule has 2 fully saturated rings. The van der Waals surface area contributed by atoms with Gasteiger partial charge in [-0.25, -0.2) is 9.18 Å². The molecule has 1 N–H and O–H groups in total. The normalized spacial score (nSPS) is 22.3. The fourth-order valence-electron chi connectivity index (χ4n) is 4.06. The van der Waals surface area contributed by atoms with Crippen LogP contribution in [0.3, 0.4) is 0 Å². The minimum absolute atomic E-state index is 0.328. The van der Waals surface area contributed by atoms with E-state index in [1.165, 1.54) is 41.1 Å². The average molecular weight is 362 g/mol. The van der Waals surface area contributed by atoms with Crippen LogP contribution in [0.25, 0.3) is 0 Å². The van der Waals surface area contributed by atoms with Crippen molar-refractivity contribution in [3.05, 3.63) is 30.1 Å².